The molecule has 5 nitrogen and oxygen atoms in total. The van der Waals surface area contributed by atoms with Gasteiger partial charge >= 0.3 is 0 Å². The minimum atomic E-state index is -0.119. The summed E-state index contributed by atoms with van der Waals surface area (Å²) in [6, 6.07) is 7.80. The molecule has 0 radical (unpaired) electrons. The number of aryl methyl sites for hydroxylation is 1. The Labute approximate surface area is 106 Å². The van der Waals surface area contributed by atoms with Crippen molar-refractivity contribution in [3.63, 3.8) is 0 Å². The van der Waals surface area contributed by atoms with Gasteiger partial charge in [0.05, 0.1) is 11.9 Å². The van der Waals surface area contributed by atoms with Crippen LogP contribution in [0.15, 0.2) is 36.7 Å². The number of nitrogen functional groups attached to an aromatic ring is 1. The standard InChI is InChI=1S/C13H16N4O/c1-2-10-4-3-5-12(6-10)16-13(18)9-17-8-11(14)7-15-17/h3-8H,2,9,14H2,1H3,(H,16,18). The van der Waals surface area contributed by atoms with Crippen LogP contribution in [0.3, 0.4) is 0 Å². The molecule has 2 aromatic rings. The highest BCUT2D eigenvalue weighted by Crippen LogP contribution is 2.11. The molecule has 0 spiro atoms. The topological polar surface area (TPSA) is 72.9 Å². The number of hydrogen-bond donors (Lipinski definition) is 2. The largest absolute Gasteiger partial charge is 0.396 e. The zero-order valence-corrected chi connectivity index (χ0v) is 10.3. The normalized spacial score (nSPS) is 10.3. The Bertz CT molecular complexity index is 547. The fourth-order valence-electron chi connectivity index (χ4n) is 1.68. The minimum absolute atomic E-state index is 0.119. The molecule has 3 N–H and O–H groups in total. The van der Waals surface area contributed by atoms with Crippen molar-refractivity contribution in [3.8, 4) is 0 Å². The number of benzene rings is 1. The lowest BCUT2D eigenvalue weighted by Crippen LogP contribution is -2.19. The number of nitrogens with two attached hydrogens (primary N) is 1. The number of rotatable bonds is 4. The van der Waals surface area contributed by atoms with Gasteiger partial charge in [-0.15, -0.1) is 0 Å². The highest BCUT2D eigenvalue weighted by molar-refractivity contribution is 5.90. The summed E-state index contributed by atoms with van der Waals surface area (Å²) in [4.78, 5) is 11.8. The number of hydrogen-bond acceptors (Lipinski definition) is 3. The molecule has 1 heterocycles. The Morgan fingerprint density at radius 2 is 2.33 bits per heavy atom. The van der Waals surface area contributed by atoms with E-state index >= 15 is 0 Å². The van der Waals surface area contributed by atoms with Crippen molar-refractivity contribution < 1.29 is 4.79 Å². The van der Waals surface area contributed by atoms with Crippen molar-refractivity contribution in [3.05, 3.63) is 42.2 Å². The lowest BCUT2D eigenvalue weighted by molar-refractivity contribution is -0.116. The van der Waals surface area contributed by atoms with Crippen LogP contribution in [0.1, 0.15) is 12.5 Å². The number of anilines is 2. The van der Waals surface area contributed by atoms with Gasteiger partial charge in [-0.2, -0.15) is 5.10 Å². The Morgan fingerprint density at radius 3 is 3.00 bits per heavy atom. The second-order valence-corrected chi connectivity index (χ2v) is 4.07. The average molecular weight is 244 g/mol. The van der Waals surface area contributed by atoms with Gasteiger partial charge in [-0.1, -0.05) is 19.1 Å². The molecule has 0 aliphatic carbocycles. The smallest absolute Gasteiger partial charge is 0.246 e. The summed E-state index contributed by atoms with van der Waals surface area (Å²) >= 11 is 0. The molecule has 0 fully saturated rings. The first-order valence-electron chi connectivity index (χ1n) is 5.84. The van der Waals surface area contributed by atoms with Gasteiger partial charge in [0.1, 0.15) is 6.54 Å². The Morgan fingerprint density at radius 1 is 1.50 bits per heavy atom. The number of carbonyl (C=O) groups is 1. The molecule has 0 saturated carbocycles. The maximum absolute atomic E-state index is 11.8. The fraction of sp³-hybridized carbons (Fsp3) is 0.231. The van der Waals surface area contributed by atoms with Gasteiger partial charge in [0, 0.05) is 11.9 Å². The first-order chi connectivity index (χ1) is 8.67. The Hall–Kier alpha value is -2.30. The van der Waals surface area contributed by atoms with E-state index in [0.29, 0.717) is 5.69 Å². The van der Waals surface area contributed by atoms with E-state index in [1.807, 2.05) is 24.3 Å². The molecule has 2 rings (SSSR count). The SMILES string of the molecule is CCc1cccc(NC(=O)Cn2cc(N)cn2)c1. The molecule has 0 atom stereocenters. The predicted molar refractivity (Wildman–Crippen MR) is 71.1 cm³/mol. The van der Waals surface area contributed by atoms with Crippen LogP contribution in [0.4, 0.5) is 11.4 Å². The Balaban J connectivity index is 1.98. The van der Waals surface area contributed by atoms with Gasteiger partial charge in [-0.3, -0.25) is 9.48 Å². The molecular formula is C13H16N4O. The number of amides is 1. The maximum atomic E-state index is 11.8. The highest BCUT2D eigenvalue weighted by Gasteiger charge is 2.04. The summed E-state index contributed by atoms with van der Waals surface area (Å²) in [6.07, 6.45) is 4.09. The van der Waals surface area contributed by atoms with E-state index in [-0.39, 0.29) is 12.5 Å². The third-order valence-corrected chi connectivity index (χ3v) is 2.58. The third kappa shape index (κ3) is 3.10. The van der Waals surface area contributed by atoms with Crippen molar-refractivity contribution in [2.75, 3.05) is 11.1 Å². The van der Waals surface area contributed by atoms with Gasteiger partial charge in [0.25, 0.3) is 0 Å². The number of nitrogens with zero attached hydrogens (tertiary/aromatic N) is 2. The maximum Gasteiger partial charge on any atom is 0.246 e. The van der Waals surface area contributed by atoms with Gasteiger partial charge in [-0.25, -0.2) is 0 Å². The average Bonchev–Trinajstić information content (AvgIpc) is 2.74. The second-order valence-electron chi connectivity index (χ2n) is 4.07. The molecule has 0 aliphatic rings. The zero-order chi connectivity index (χ0) is 13.0. The van der Waals surface area contributed by atoms with E-state index in [0.717, 1.165) is 12.1 Å². The van der Waals surface area contributed by atoms with Crippen molar-refractivity contribution in [1.82, 2.24) is 9.78 Å². The molecule has 1 amide bonds. The summed E-state index contributed by atoms with van der Waals surface area (Å²) < 4.78 is 1.51. The molecule has 18 heavy (non-hydrogen) atoms. The first kappa shape index (κ1) is 12.2. The van der Waals surface area contributed by atoms with Crippen LogP contribution in [0.25, 0.3) is 0 Å². The number of nitrogens with one attached hydrogen (secondary N) is 1. The molecule has 0 bridgehead atoms. The zero-order valence-electron chi connectivity index (χ0n) is 10.3. The number of carbonyl (C=O) groups excluding carboxylic acids is 1. The lowest BCUT2D eigenvalue weighted by Gasteiger charge is -2.06. The van der Waals surface area contributed by atoms with Gasteiger partial charge < -0.3 is 11.1 Å². The van der Waals surface area contributed by atoms with Crippen LogP contribution < -0.4 is 11.1 Å². The lowest BCUT2D eigenvalue weighted by atomic mass is 10.1. The van der Waals surface area contributed by atoms with Crippen molar-refractivity contribution in [1.29, 1.82) is 0 Å². The van der Waals surface area contributed by atoms with E-state index in [4.69, 9.17) is 5.73 Å². The molecule has 1 aromatic heterocycles. The second kappa shape index (κ2) is 5.35. The van der Waals surface area contributed by atoms with Crippen LogP contribution in [0, 0.1) is 0 Å². The number of aromatic nitrogens is 2. The monoisotopic (exact) mass is 244 g/mol. The Kier molecular flexibility index (Phi) is 3.62. The van der Waals surface area contributed by atoms with Gasteiger partial charge in [0.2, 0.25) is 5.91 Å². The fourth-order valence-corrected chi connectivity index (χ4v) is 1.68. The van der Waals surface area contributed by atoms with Gasteiger partial charge in [0.15, 0.2) is 0 Å². The molecule has 1 aromatic carbocycles. The third-order valence-electron chi connectivity index (χ3n) is 2.58. The molecule has 0 aliphatic heterocycles. The summed E-state index contributed by atoms with van der Waals surface area (Å²) in [7, 11) is 0. The van der Waals surface area contributed by atoms with Crippen LogP contribution >= 0.6 is 0 Å². The molecule has 0 unspecified atom stereocenters. The predicted octanol–water partition coefficient (Wildman–Crippen LogP) is 1.67. The van der Waals surface area contributed by atoms with Crippen LogP contribution in [0.5, 0.6) is 0 Å². The quantitative estimate of drug-likeness (QED) is 0.859. The van der Waals surface area contributed by atoms with Crippen molar-refractivity contribution in [2.24, 2.45) is 0 Å². The van der Waals surface area contributed by atoms with Crippen molar-refractivity contribution >= 4 is 17.3 Å². The van der Waals surface area contributed by atoms with E-state index in [1.54, 1.807) is 6.20 Å². The van der Waals surface area contributed by atoms with Crippen LogP contribution in [-0.4, -0.2) is 15.7 Å². The van der Waals surface area contributed by atoms with Crippen LogP contribution in [0.2, 0.25) is 0 Å². The van der Waals surface area contributed by atoms with E-state index in [1.165, 1.54) is 16.4 Å². The minimum Gasteiger partial charge on any atom is -0.396 e. The van der Waals surface area contributed by atoms with E-state index in [9.17, 15) is 4.79 Å². The summed E-state index contributed by atoms with van der Waals surface area (Å²) in [6.45, 7) is 2.24. The summed E-state index contributed by atoms with van der Waals surface area (Å²) in [5.74, 6) is -0.119. The highest BCUT2D eigenvalue weighted by atomic mass is 16.2. The van der Waals surface area contributed by atoms with E-state index < -0.39 is 0 Å². The van der Waals surface area contributed by atoms with Crippen LogP contribution in [-0.2, 0) is 17.8 Å². The summed E-state index contributed by atoms with van der Waals surface area (Å²) in [5, 5.41) is 6.80. The molecule has 5 heteroatoms. The first-order valence-corrected chi connectivity index (χ1v) is 5.84. The van der Waals surface area contributed by atoms with Gasteiger partial charge in [-0.05, 0) is 24.1 Å². The molecule has 94 valence electrons. The summed E-state index contributed by atoms with van der Waals surface area (Å²) in [5.41, 5.74) is 8.08. The molecular weight excluding hydrogens is 228 g/mol. The van der Waals surface area contributed by atoms with Crippen molar-refractivity contribution in [2.45, 2.75) is 19.9 Å². The van der Waals surface area contributed by atoms with E-state index in [2.05, 4.69) is 17.3 Å². The molecule has 0 saturated heterocycles.